The lowest BCUT2D eigenvalue weighted by Gasteiger charge is -2.19. The predicted octanol–water partition coefficient (Wildman–Crippen LogP) is 3.63. The molecule has 1 aromatic carbocycles. The molecule has 0 saturated heterocycles. The Morgan fingerprint density at radius 2 is 2.14 bits per heavy atom. The van der Waals surface area contributed by atoms with Gasteiger partial charge in [0.25, 0.3) is 0 Å². The van der Waals surface area contributed by atoms with Crippen LogP contribution in [0.4, 0.5) is 4.39 Å². The number of rotatable bonds is 7. The Balaban J connectivity index is 2.22. The van der Waals surface area contributed by atoms with Gasteiger partial charge in [0, 0.05) is 24.3 Å². The highest BCUT2D eigenvalue weighted by molar-refractivity contribution is 5.28. The van der Waals surface area contributed by atoms with E-state index in [1.165, 1.54) is 0 Å². The molecule has 2 rings (SSSR count). The van der Waals surface area contributed by atoms with Crippen LogP contribution in [-0.2, 0) is 13.0 Å². The fourth-order valence-electron chi connectivity index (χ4n) is 2.46. The van der Waals surface area contributed by atoms with Gasteiger partial charge < -0.3 is 5.32 Å². The number of nitrogens with one attached hydrogen (secondary N) is 1. The first-order valence-corrected chi connectivity index (χ1v) is 7.64. The van der Waals surface area contributed by atoms with E-state index in [-0.39, 0.29) is 11.9 Å². The van der Waals surface area contributed by atoms with Gasteiger partial charge in [0.2, 0.25) is 0 Å². The van der Waals surface area contributed by atoms with Crippen LogP contribution in [0.5, 0.6) is 0 Å². The molecule has 1 N–H and O–H groups in total. The van der Waals surface area contributed by atoms with Gasteiger partial charge in [-0.3, -0.25) is 4.68 Å². The summed E-state index contributed by atoms with van der Waals surface area (Å²) < 4.78 is 16.1. The Hall–Kier alpha value is -1.68. The summed E-state index contributed by atoms with van der Waals surface area (Å²) in [7, 11) is 0. The highest BCUT2D eigenvalue weighted by Gasteiger charge is 2.16. The highest BCUT2D eigenvalue weighted by Crippen LogP contribution is 2.22. The molecule has 0 bridgehead atoms. The minimum atomic E-state index is -0.142. The Labute approximate surface area is 126 Å². The summed E-state index contributed by atoms with van der Waals surface area (Å²) in [6.07, 6.45) is 5.69. The zero-order valence-electron chi connectivity index (χ0n) is 13.1. The standard InChI is InChI=1S/C17H24FN3/c1-4-8-19-17(10-14-11-20-21(5-2)12-14)15-9-13(3)6-7-16(15)18/h6-7,9,11-12,17,19H,4-5,8,10H2,1-3H3. The number of aryl methyl sites for hydroxylation is 2. The third-order valence-corrected chi connectivity index (χ3v) is 3.62. The van der Waals surface area contributed by atoms with E-state index in [0.717, 1.165) is 42.6 Å². The van der Waals surface area contributed by atoms with Crippen LogP contribution in [0.3, 0.4) is 0 Å². The molecule has 0 fully saturated rings. The van der Waals surface area contributed by atoms with E-state index in [0.29, 0.717) is 0 Å². The fraction of sp³-hybridized carbons (Fsp3) is 0.471. The van der Waals surface area contributed by atoms with Crippen LogP contribution in [0.1, 0.15) is 43.0 Å². The van der Waals surface area contributed by atoms with Crippen molar-refractivity contribution in [1.82, 2.24) is 15.1 Å². The highest BCUT2D eigenvalue weighted by atomic mass is 19.1. The van der Waals surface area contributed by atoms with Crippen molar-refractivity contribution in [2.45, 2.75) is 46.2 Å². The van der Waals surface area contributed by atoms with Gasteiger partial charge in [-0.05, 0) is 44.9 Å². The zero-order valence-corrected chi connectivity index (χ0v) is 13.1. The summed E-state index contributed by atoms with van der Waals surface area (Å²) >= 11 is 0. The first-order chi connectivity index (χ1) is 10.1. The zero-order chi connectivity index (χ0) is 15.2. The maximum atomic E-state index is 14.2. The van der Waals surface area contributed by atoms with Crippen molar-refractivity contribution in [2.75, 3.05) is 6.54 Å². The topological polar surface area (TPSA) is 29.9 Å². The van der Waals surface area contributed by atoms with Crippen molar-refractivity contribution in [1.29, 1.82) is 0 Å². The molecule has 1 heterocycles. The number of aromatic nitrogens is 2. The molecule has 2 aromatic rings. The first kappa shape index (κ1) is 15.7. The molecule has 0 aliphatic rings. The summed E-state index contributed by atoms with van der Waals surface area (Å²) in [5.41, 5.74) is 2.96. The smallest absolute Gasteiger partial charge is 0.128 e. The predicted molar refractivity (Wildman–Crippen MR) is 83.8 cm³/mol. The Bertz CT molecular complexity index is 577. The Morgan fingerprint density at radius 3 is 2.81 bits per heavy atom. The molecule has 1 atom stereocenters. The van der Waals surface area contributed by atoms with Gasteiger partial charge in [0.1, 0.15) is 5.82 Å². The largest absolute Gasteiger partial charge is 0.310 e. The van der Waals surface area contributed by atoms with Gasteiger partial charge >= 0.3 is 0 Å². The summed E-state index contributed by atoms with van der Waals surface area (Å²) in [4.78, 5) is 0. The van der Waals surface area contributed by atoms with Crippen molar-refractivity contribution in [3.63, 3.8) is 0 Å². The van der Waals surface area contributed by atoms with Crippen LogP contribution in [0.25, 0.3) is 0 Å². The average molecular weight is 289 g/mol. The van der Waals surface area contributed by atoms with E-state index >= 15 is 0 Å². The van der Waals surface area contributed by atoms with Crippen LogP contribution in [0.15, 0.2) is 30.6 Å². The van der Waals surface area contributed by atoms with Crippen molar-refractivity contribution in [2.24, 2.45) is 0 Å². The molecule has 0 amide bonds. The number of hydrogen-bond acceptors (Lipinski definition) is 2. The van der Waals surface area contributed by atoms with Crippen LogP contribution in [0, 0.1) is 12.7 Å². The van der Waals surface area contributed by atoms with Crippen LogP contribution in [0.2, 0.25) is 0 Å². The quantitative estimate of drug-likeness (QED) is 0.843. The van der Waals surface area contributed by atoms with Gasteiger partial charge in [-0.15, -0.1) is 0 Å². The molecule has 0 aliphatic heterocycles. The lowest BCUT2D eigenvalue weighted by atomic mass is 9.98. The monoisotopic (exact) mass is 289 g/mol. The van der Waals surface area contributed by atoms with E-state index in [2.05, 4.69) is 24.3 Å². The third kappa shape index (κ3) is 4.14. The van der Waals surface area contributed by atoms with Crippen LogP contribution < -0.4 is 5.32 Å². The molecular weight excluding hydrogens is 265 g/mol. The molecule has 0 saturated carbocycles. The van der Waals surface area contributed by atoms with Crippen LogP contribution in [-0.4, -0.2) is 16.3 Å². The lowest BCUT2D eigenvalue weighted by Crippen LogP contribution is -2.25. The van der Waals surface area contributed by atoms with Gasteiger partial charge in [-0.1, -0.05) is 24.6 Å². The SMILES string of the molecule is CCCNC(Cc1cnn(CC)c1)c1cc(C)ccc1F. The minimum absolute atomic E-state index is 0.0145. The Kier molecular flexibility index (Phi) is 5.51. The summed E-state index contributed by atoms with van der Waals surface area (Å²) in [5, 5.41) is 7.75. The number of halogens is 1. The van der Waals surface area contributed by atoms with Crippen molar-refractivity contribution >= 4 is 0 Å². The molecule has 1 unspecified atom stereocenters. The molecule has 0 radical (unpaired) electrons. The van der Waals surface area contributed by atoms with E-state index in [1.54, 1.807) is 6.07 Å². The van der Waals surface area contributed by atoms with Crippen molar-refractivity contribution in [3.8, 4) is 0 Å². The second-order valence-electron chi connectivity index (χ2n) is 5.44. The van der Waals surface area contributed by atoms with Gasteiger partial charge in [0.15, 0.2) is 0 Å². The van der Waals surface area contributed by atoms with E-state index in [9.17, 15) is 4.39 Å². The first-order valence-electron chi connectivity index (χ1n) is 7.64. The second kappa shape index (κ2) is 7.36. The normalized spacial score (nSPS) is 12.6. The third-order valence-electron chi connectivity index (χ3n) is 3.62. The summed E-state index contributed by atoms with van der Waals surface area (Å²) in [6, 6.07) is 5.29. The van der Waals surface area contributed by atoms with E-state index < -0.39 is 0 Å². The lowest BCUT2D eigenvalue weighted by molar-refractivity contribution is 0.496. The second-order valence-corrected chi connectivity index (χ2v) is 5.44. The van der Waals surface area contributed by atoms with Gasteiger partial charge in [-0.2, -0.15) is 5.10 Å². The van der Waals surface area contributed by atoms with E-state index in [4.69, 9.17) is 0 Å². The number of hydrogen-bond donors (Lipinski definition) is 1. The molecule has 1 aromatic heterocycles. The molecule has 114 valence electrons. The van der Waals surface area contributed by atoms with E-state index in [1.807, 2.05) is 36.1 Å². The molecule has 3 nitrogen and oxygen atoms in total. The fourth-order valence-corrected chi connectivity index (χ4v) is 2.46. The Morgan fingerprint density at radius 1 is 1.33 bits per heavy atom. The summed E-state index contributed by atoms with van der Waals surface area (Å²) in [6.45, 7) is 7.90. The minimum Gasteiger partial charge on any atom is -0.310 e. The van der Waals surface area contributed by atoms with Crippen LogP contribution >= 0.6 is 0 Å². The number of nitrogens with zero attached hydrogens (tertiary/aromatic N) is 2. The summed E-state index contributed by atoms with van der Waals surface area (Å²) in [5.74, 6) is -0.142. The van der Waals surface area contributed by atoms with Gasteiger partial charge in [0.05, 0.1) is 6.20 Å². The maximum Gasteiger partial charge on any atom is 0.128 e. The molecule has 4 heteroatoms. The van der Waals surface area contributed by atoms with Gasteiger partial charge in [-0.25, -0.2) is 4.39 Å². The molecule has 0 spiro atoms. The van der Waals surface area contributed by atoms with Crippen molar-refractivity contribution < 1.29 is 4.39 Å². The molecular formula is C17H24FN3. The number of benzene rings is 1. The average Bonchev–Trinajstić information content (AvgIpc) is 2.94. The molecule has 0 aliphatic carbocycles. The molecule has 21 heavy (non-hydrogen) atoms. The van der Waals surface area contributed by atoms with Crippen molar-refractivity contribution in [3.05, 3.63) is 53.1 Å². The maximum absolute atomic E-state index is 14.2.